The van der Waals surface area contributed by atoms with Crippen LogP contribution in [0.15, 0.2) is 66.7 Å². The normalized spacial score (nSPS) is 12.5. The van der Waals surface area contributed by atoms with Crippen LogP contribution >= 0.6 is 23.2 Å². The van der Waals surface area contributed by atoms with E-state index in [4.69, 9.17) is 27.9 Å². The number of hydrogen-bond acceptors (Lipinski definition) is 3. The second kappa shape index (κ2) is 13.5. The van der Waals surface area contributed by atoms with Gasteiger partial charge >= 0.3 is 0 Å². The molecule has 3 aromatic rings. The van der Waals surface area contributed by atoms with Gasteiger partial charge in [-0.15, -0.1) is 0 Å². The van der Waals surface area contributed by atoms with Gasteiger partial charge in [0.05, 0.1) is 0 Å². The molecule has 7 heteroatoms. The maximum Gasteiger partial charge on any atom is 0.261 e. The third-order valence-electron chi connectivity index (χ3n) is 6.32. The van der Waals surface area contributed by atoms with E-state index in [0.717, 1.165) is 23.1 Å². The second-order valence-electron chi connectivity index (χ2n) is 9.34. The Morgan fingerprint density at radius 2 is 1.73 bits per heavy atom. The molecule has 37 heavy (non-hydrogen) atoms. The molecule has 0 bridgehead atoms. The van der Waals surface area contributed by atoms with Crippen molar-refractivity contribution in [3.05, 3.63) is 99.0 Å². The van der Waals surface area contributed by atoms with Crippen molar-refractivity contribution in [3.63, 3.8) is 0 Å². The monoisotopic (exact) mass is 540 g/mol. The van der Waals surface area contributed by atoms with Gasteiger partial charge in [-0.3, -0.25) is 9.59 Å². The van der Waals surface area contributed by atoms with Gasteiger partial charge in [0, 0.05) is 29.1 Å². The zero-order valence-electron chi connectivity index (χ0n) is 21.8. The quantitative estimate of drug-likeness (QED) is 0.300. The van der Waals surface area contributed by atoms with Gasteiger partial charge in [0.15, 0.2) is 6.61 Å². The average molecular weight is 542 g/mol. The Kier molecular flexibility index (Phi) is 10.4. The lowest BCUT2D eigenvalue weighted by Crippen LogP contribution is -2.53. The molecule has 0 fully saturated rings. The topological polar surface area (TPSA) is 58.6 Å². The molecule has 0 saturated heterocycles. The van der Waals surface area contributed by atoms with Crippen LogP contribution in [0.25, 0.3) is 0 Å². The van der Waals surface area contributed by atoms with Gasteiger partial charge in [0.2, 0.25) is 5.91 Å². The third kappa shape index (κ3) is 8.24. The summed E-state index contributed by atoms with van der Waals surface area (Å²) >= 11 is 12.6. The maximum atomic E-state index is 13.7. The summed E-state index contributed by atoms with van der Waals surface area (Å²) in [7, 11) is 0. The second-order valence-corrected chi connectivity index (χ2v) is 10.2. The first kappa shape index (κ1) is 28.5. The van der Waals surface area contributed by atoms with E-state index in [1.807, 2.05) is 76.2 Å². The number of halogens is 2. The molecule has 3 aromatic carbocycles. The molecule has 2 amide bonds. The summed E-state index contributed by atoms with van der Waals surface area (Å²) in [6.45, 7) is 7.78. The molecule has 0 spiro atoms. The summed E-state index contributed by atoms with van der Waals surface area (Å²) < 4.78 is 5.95. The molecule has 0 radical (unpaired) electrons. The molecule has 0 saturated carbocycles. The minimum atomic E-state index is -0.766. The maximum absolute atomic E-state index is 13.7. The Bertz CT molecular complexity index is 1220. The van der Waals surface area contributed by atoms with Crippen LogP contribution in [0.5, 0.6) is 5.75 Å². The van der Waals surface area contributed by atoms with E-state index in [0.29, 0.717) is 27.8 Å². The highest BCUT2D eigenvalue weighted by Gasteiger charge is 2.31. The van der Waals surface area contributed by atoms with Gasteiger partial charge in [0.25, 0.3) is 5.91 Å². The van der Waals surface area contributed by atoms with Gasteiger partial charge in [-0.2, -0.15) is 0 Å². The first-order valence-corrected chi connectivity index (χ1v) is 13.2. The number of carbonyl (C=O) groups excluding carboxylic acids is 2. The van der Waals surface area contributed by atoms with E-state index in [1.54, 1.807) is 23.1 Å². The SMILES string of the molecule is CC[C@@H](C)NC(=O)[C@H](Cc1ccccc1)N(Cc1ccc(Cl)cc1Cl)C(=O)COc1cc(C)ccc1C. The van der Waals surface area contributed by atoms with Crippen LogP contribution in [0.1, 0.15) is 42.5 Å². The zero-order valence-corrected chi connectivity index (χ0v) is 23.3. The molecule has 3 rings (SSSR count). The largest absolute Gasteiger partial charge is 0.483 e. The number of nitrogens with zero attached hydrogens (tertiary/aromatic N) is 1. The molecule has 0 aliphatic rings. The van der Waals surface area contributed by atoms with Crippen LogP contribution in [0.4, 0.5) is 0 Å². The van der Waals surface area contributed by atoms with Crippen LogP contribution in [-0.4, -0.2) is 35.4 Å². The van der Waals surface area contributed by atoms with Crippen molar-refractivity contribution in [1.82, 2.24) is 10.2 Å². The molecule has 196 valence electrons. The highest BCUT2D eigenvalue weighted by molar-refractivity contribution is 6.35. The fraction of sp³-hybridized carbons (Fsp3) is 0.333. The summed E-state index contributed by atoms with van der Waals surface area (Å²) in [6, 6.07) is 19.9. The lowest BCUT2D eigenvalue weighted by atomic mass is 10.0. The molecule has 1 N–H and O–H groups in total. The van der Waals surface area contributed by atoms with Gasteiger partial charge < -0.3 is 15.0 Å². The van der Waals surface area contributed by atoms with Crippen LogP contribution in [0, 0.1) is 13.8 Å². The van der Waals surface area contributed by atoms with Crippen molar-refractivity contribution in [2.24, 2.45) is 0 Å². The Balaban J connectivity index is 1.96. The fourth-order valence-corrected chi connectivity index (χ4v) is 4.38. The summed E-state index contributed by atoms with van der Waals surface area (Å²) in [5.41, 5.74) is 3.61. The lowest BCUT2D eigenvalue weighted by Gasteiger charge is -2.32. The molecule has 0 unspecified atom stereocenters. The number of amides is 2. The highest BCUT2D eigenvalue weighted by atomic mass is 35.5. The van der Waals surface area contributed by atoms with Gasteiger partial charge in [-0.25, -0.2) is 0 Å². The van der Waals surface area contributed by atoms with E-state index >= 15 is 0 Å². The van der Waals surface area contributed by atoms with E-state index in [2.05, 4.69) is 5.32 Å². The zero-order chi connectivity index (χ0) is 26.9. The van der Waals surface area contributed by atoms with Crippen molar-refractivity contribution >= 4 is 35.0 Å². The van der Waals surface area contributed by atoms with E-state index in [1.165, 1.54) is 0 Å². The lowest BCUT2D eigenvalue weighted by molar-refractivity contribution is -0.143. The molecule has 5 nitrogen and oxygen atoms in total. The fourth-order valence-electron chi connectivity index (χ4n) is 3.91. The third-order valence-corrected chi connectivity index (χ3v) is 6.91. The molecule has 0 heterocycles. The molecular weight excluding hydrogens is 507 g/mol. The van der Waals surface area contributed by atoms with Gasteiger partial charge in [-0.05, 0) is 67.6 Å². The molecule has 0 aliphatic heterocycles. The Labute approximate surface area is 229 Å². The van der Waals surface area contributed by atoms with Crippen molar-refractivity contribution < 1.29 is 14.3 Å². The van der Waals surface area contributed by atoms with Crippen molar-refractivity contribution in [2.75, 3.05) is 6.61 Å². The Morgan fingerprint density at radius 1 is 1.00 bits per heavy atom. The van der Waals surface area contributed by atoms with E-state index < -0.39 is 6.04 Å². The summed E-state index contributed by atoms with van der Waals surface area (Å²) in [5, 5.41) is 3.99. The van der Waals surface area contributed by atoms with Crippen molar-refractivity contribution in [3.8, 4) is 5.75 Å². The first-order chi connectivity index (χ1) is 17.7. The Morgan fingerprint density at radius 3 is 2.41 bits per heavy atom. The number of aryl methyl sites for hydroxylation is 2. The predicted molar refractivity (Wildman–Crippen MR) is 150 cm³/mol. The van der Waals surface area contributed by atoms with Crippen LogP contribution in [0.3, 0.4) is 0 Å². The van der Waals surface area contributed by atoms with Crippen LogP contribution in [-0.2, 0) is 22.6 Å². The first-order valence-electron chi connectivity index (χ1n) is 12.5. The molecular formula is C30H34Cl2N2O3. The van der Waals surface area contributed by atoms with E-state index in [-0.39, 0.29) is 31.0 Å². The highest BCUT2D eigenvalue weighted by Crippen LogP contribution is 2.25. The van der Waals surface area contributed by atoms with Crippen molar-refractivity contribution in [2.45, 2.75) is 59.2 Å². The number of rotatable bonds is 11. The van der Waals surface area contributed by atoms with Crippen LogP contribution < -0.4 is 10.1 Å². The average Bonchev–Trinajstić information content (AvgIpc) is 2.88. The van der Waals surface area contributed by atoms with Gasteiger partial charge in [0.1, 0.15) is 11.8 Å². The number of nitrogens with one attached hydrogen (secondary N) is 1. The number of carbonyl (C=O) groups is 2. The number of benzene rings is 3. The molecule has 0 aromatic heterocycles. The van der Waals surface area contributed by atoms with Crippen molar-refractivity contribution in [1.29, 1.82) is 0 Å². The number of hydrogen-bond donors (Lipinski definition) is 1. The Hall–Kier alpha value is -3.02. The minimum absolute atomic E-state index is 0.0342. The summed E-state index contributed by atoms with van der Waals surface area (Å²) in [6.07, 6.45) is 1.13. The van der Waals surface area contributed by atoms with Gasteiger partial charge in [-0.1, -0.05) is 78.7 Å². The van der Waals surface area contributed by atoms with Crippen LogP contribution in [0.2, 0.25) is 10.0 Å². The molecule has 2 atom stereocenters. The number of ether oxygens (including phenoxy) is 1. The molecule has 0 aliphatic carbocycles. The standard InChI is InChI=1S/C30H34Cl2N2O3/c1-5-22(4)33-30(36)27(16-23-9-7-6-8-10-23)34(18-24-13-14-25(31)17-26(24)32)29(35)19-37-28-15-20(2)11-12-21(28)3/h6-15,17,22,27H,5,16,18-19H2,1-4H3,(H,33,36)/t22-,27+/m1/s1. The minimum Gasteiger partial charge on any atom is -0.483 e. The smallest absolute Gasteiger partial charge is 0.261 e. The van der Waals surface area contributed by atoms with E-state index in [9.17, 15) is 9.59 Å². The predicted octanol–water partition coefficient (Wildman–Crippen LogP) is 6.54. The summed E-state index contributed by atoms with van der Waals surface area (Å²) in [5.74, 6) is 0.108. The summed E-state index contributed by atoms with van der Waals surface area (Å²) in [4.78, 5) is 28.9.